The number of nitrogens with one attached hydrogen (secondary N) is 2. The van der Waals surface area contributed by atoms with Crippen LogP contribution in [0.4, 0.5) is 4.79 Å². The molecule has 3 rings (SSSR count). The highest BCUT2D eigenvalue weighted by Crippen LogP contribution is 2.25. The normalized spacial score (nSPS) is 15.0. The van der Waals surface area contributed by atoms with E-state index in [0.29, 0.717) is 18.1 Å². The number of carbonyl (C=O) groups is 1. The van der Waals surface area contributed by atoms with Crippen molar-refractivity contribution in [1.82, 2.24) is 15.5 Å². The van der Waals surface area contributed by atoms with Crippen molar-refractivity contribution in [2.75, 3.05) is 26.4 Å². The van der Waals surface area contributed by atoms with Crippen LogP contribution in [0.25, 0.3) is 0 Å². The number of ether oxygens (including phenoxy) is 2. The van der Waals surface area contributed by atoms with E-state index < -0.39 is 0 Å². The molecule has 0 bridgehead atoms. The van der Waals surface area contributed by atoms with Crippen LogP contribution in [-0.4, -0.2) is 43.4 Å². The number of hydrogen-bond donors (Lipinski definition) is 2. The molecule has 2 amide bonds. The van der Waals surface area contributed by atoms with Crippen molar-refractivity contribution in [1.29, 1.82) is 0 Å². The molecular weight excluding hydrogens is 354 g/mol. The number of urea groups is 1. The molecule has 1 saturated heterocycles. The monoisotopic (exact) mass is 383 g/mol. The molecule has 1 heterocycles. The molecule has 0 aromatic heterocycles. The Morgan fingerprint density at radius 2 is 1.64 bits per heavy atom. The van der Waals surface area contributed by atoms with Gasteiger partial charge in [0.25, 0.3) is 0 Å². The third-order valence-corrected chi connectivity index (χ3v) is 4.78. The Morgan fingerprint density at radius 1 is 1.00 bits per heavy atom. The number of piperidine rings is 1. The third kappa shape index (κ3) is 6.16. The van der Waals surface area contributed by atoms with Gasteiger partial charge >= 0.3 is 6.03 Å². The van der Waals surface area contributed by atoms with Crippen molar-refractivity contribution in [3.63, 3.8) is 0 Å². The Balaban J connectivity index is 1.35. The molecule has 28 heavy (non-hydrogen) atoms. The van der Waals surface area contributed by atoms with E-state index in [1.54, 1.807) is 0 Å². The van der Waals surface area contributed by atoms with Gasteiger partial charge in [0, 0.05) is 25.7 Å². The van der Waals surface area contributed by atoms with E-state index in [-0.39, 0.29) is 18.8 Å². The third-order valence-electron chi connectivity index (χ3n) is 4.78. The fourth-order valence-corrected chi connectivity index (χ4v) is 3.34. The maximum atomic E-state index is 12.1. The van der Waals surface area contributed by atoms with Crippen molar-refractivity contribution in [3.8, 4) is 11.5 Å². The summed E-state index contributed by atoms with van der Waals surface area (Å²) in [6.07, 6.45) is 1.91. The number of carbonyl (C=O) groups excluding carboxylic acids is 1. The molecule has 0 atom stereocenters. The quantitative estimate of drug-likeness (QED) is 0.686. The summed E-state index contributed by atoms with van der Waals surface area (Å²) in [6.45, 7) is 5.52. The zero-order valence-electron chi connectivity index (χ0n) is 16.4. The first kappa shape index (κ1) is 20.0. The van der Waals surface area contributed by atoms with E-state index in [4.69, 9.17) is 9.47 Å². The summed E-state index contributed by atoms with van der Waals surface area (Å²) in [7, 11) is 0. The molecule has 150 valence electrons. The second-order valence-electron chi connectivity index (χ2n) is 6.85. The van der Waals surface area contributed by atoms with Crippen LogP contribution in [-0.2, 0) is 6.54 Å². The Morgan fingerprint density at radius 3 is 2.32 bits per heavy atom. The average Bonchev–Trinajstić information content (AvgIpc) is 2.72. The summed E-state index contributed by atoms with van der Waals surface area (Å²) in [5.41, 5.74) is 1.33. The van der Waals surface area contributed by atoms with E-state index in [9.17, 15) is 4.79 Å². The van der Waals surface area contributed by atoms with Gasteiger partial charge in [-0.25, -0.2) is 4.79 Å². The SMILES string of the molecule is CCOc1ccccc1OCNC(=O)NC1CCN(Cc2ccccc2)CC1. The zero-order valence-corrected chi connectivity index (χ0v) is 16.4. The highest BCUT2D eigenvalue weighted by molar-refractivity contribution is 5.74. The van der Waals surface area contributed by atoms with Gasteiger partial charge in [-0.1, -0.05) is 42.5 Å². The summed E-state index contributed by atoms with van der Waals surface area (Å²) in [4.78, 5) is 14.6. The van der Waals surface area contributed by atoms with Gasteiger partial charge in [-0.15, -0.1) is 0 Å². The molecule has 0 saturated carbocycles. The minimum atomic E-state index is -0.199. The van der Waals surface area contributed by atoms with Gasteiger partial charge < -0.3 is 20.1 Å². The van der Waals surface area contributed by atoms with Gasteiger partial charge in [-0.05, 0) is 37.5 Å². The minimum absolute atomic E-state index is 0.1000. The van der Waals surface area contributed by atoms with Crippen molar-refractivity contribution in [2.24, 2.45) is 0 Å². The van der Waals surface area contributed by atoms with Crippen LogP contribution in [0.5, 0.6) is 11.5 Å². The van der Waals surface area contributed by atoms with Crippen molar-refractivity contribution < 1.29 is 14.3 Å². The van der Waals surface area contributed by atoms with Gasteiger partial charge in [0.05, 0.1) is 6.61 Å². The van der Waals surface area contributed by atoms with Gasteiger partial charge in [0.1, 0.15) is 0 Å². The van der Waals surface area contributed by atoms with Crippen molar-refractivity contribution in [2.45, 2.75) is 32.4 Å². The van der Waals surface area contributed by atoms with Gasteiger partial charge in [-0.2, -0.15) is 0 Å². The van der Waals surface area contributed by atoms with E-state index in [2.05, 4.69) is 39.8 Å². The van der Waals surface area contributed by atoms with Crippen LogP contribution in [0.3, 0.4) is 0 Å². The summed E-state index contributed by atoms with van der Waals surface area (Å²) in [5, 5.41) is 5.80. The number of amides is 2. The van der Waals surface area contributed by atoms with Crippen LogP contribution < -0.4 is 20.1 Å². The summed E-state index contributed by atoms with van der Waals surface area (Å²) in [6, 6.07) is 17.9. The molecule has 2 aromatic carbocycles. The minimum Gasteiger partial charge on any atom is -0.490 e. The molecule has 6 heteroatoms. The molecule has 0 unspecified atom stereocenters. The maximum absolute atomic E-state index is 12.1. The highest BCUT2D eigenvalue weighted by atomic mass is 16.5. The predicted octanol–water partition coefficient (Wildman–Crippen LogP) is 3.39. The lowest BCUT2D eigenvalue weighted by atomic mass is 10.0. The van der Waals surface area contributed by atoms with E-state index in [1.165, 1.54) is 5.56 Å². The highest BCUT2D eigenvalue weighted by Gasteiger charge is 2.20. The molecule has 2 N–H and O–H groups in total. The average molecular weight is 383 g/mol. The predicted molar refractivity (Wildman–Crippen MR) is 110 cm³/mol. The van der Waals surface area contributed by atoms with Crippen LogP contribution in [0.15, 0.2) is 54.6 Å². The van der Waals surface area contributed by atoms with E-state index >= 15 is 0 Å². The number of likely N-dealkylation sites (tertiary alicyclic amines) is 1. The van der Waals surface area contributed by atoms with Crippen molar-refractivity contribution >= 4 is 6.03 Å². The number of benzene rings is 2. The first-order valence-corrected chi connectivity index (χ1v) is 9.90. The van der Waals surface area contributed by atoms with E-state index in [0.717, 1.165) is 32.5 Å². The molecule has 1 fully saturated rings. The van der Waals surface area contributed by atoms with Crippen LogP contribution in [0.2, 0.25) is 0 Å². The summed E-state index contributed by atoms with van der Waals surface area (Å²) in [5.74, 6) is 1.30. The van der Waals surface area contributed by atoms with Crippen LogP contribution in [0.1, 0.15) is 25.3 Å². The Hall–Kier alpha value is -2.73. The van der Waals surface area contributed by atoms with Crippen LogP contribution >= 0.6 is 0 Å². The smallest absolute Gasteiger partial charge is 0.317 e. The summed E-state index contributed by atoms with van der Waals surface area (Å²) < 4.78 is 11.1. The molecular formula is C22H29N3O3. The molecule has 6 nitrogen and oxygen atoms in total. The zero-order chi connectivity index (χ0) is 19.6. The molecule has 0 spiro atoms. The summed E-state index contributed by atoms with van der Waals surface area (Å²) >= 11 is 0. The lowest BCUT2D eigenvalue weighted by molar-refractivity contribution is 0.182. The molecule has 0 radical (unpaired) electrons. The second kappa shape index (κ2) is 10.6. The molecule has 2 aromatic rings. The lowest BCUT2D eigenvalue weighted by Gasteiger charge is -2.32. The molecule has 1 aliphatic heterocycles. The lowest BCUT2D eigenvalue weighted by Crippen LogP contribution is -2.48. The molecule has 1 aliphatic rings. The van der Waals surface area contributed by atoms with E-state index in [1.807, 2.05) is 37.3 Å². The molecule has 0 aliphatic carbocycles. The fraction of sp³-hybridized carbons (Fsp3) is 0.409. The van der Waals surface area contributed by atoms with Crippen molar-refractivity contribution in [3.05, 3.63) is 60.2 Å². The largest absolute Gasteiger partial charge is 0.490 e. The standard InChI is InChI=1S/C22H29N3O3/c1-2-27-20-10-6-7-11-21(20)28-17-23-22(26)24-19-12-14-25(15-13-19)16-18-8-4-3-5-9-18/h3-11,19H,2,12-17H2,1H3,(H2,23,24,26). The first-order valence-electron chi connectivity index (χ1n) is 9.90. The topological polar surface area (TPSA) is 62.8 Å². The van der Waals surface area contributed by atoms with Gasteiger partial charge in [0.15, 0.2) is 18.2 Å². The van der Waals surface area contributed by atoms with Crippen LogP contribution in [0, 0.1) is 0 Å². The Kier molecular flexibility index (Phi) is 7.55. The second-order valence-corrected chi connectivity index (χ2v) is 6.85. The van der Waals surface area contributed by atoms with Gasteiger partial charge in [-0.3, -0.25) is 4.90 Å². The maximum Gasteiger partial charge on any atom is 0.317 e. The Labute approximate surface area is 166 Å². The first-order chi connectivity index (χ1) is 13.7. The Bertz CT molecular complexity index is 731. The number of hydrogen-bond acceptors (Lipinski definition) is 4. The van der Waals surface area contributed by atoms with Gasteiger partial charge in [0.2, 0.25) is 0 Å². The fourth-order valence-electron chi connectivity index (χ4n) is 3.34. The number of nitrogens with zero attached hydrogens (tertiary/aromatic N) is 1. The number of para-hydroxylation sites is 2. The number of rotatable bonds is 8.